The summed E-state index contributed by atoms with van der Waals surface area (Å²) < 4.78 is 1.48. The average molecular weight is 266 g/mol. The molecule has 2 aromatic carbocycles. The Morgan fingerprint density at radius 1 is 1.10 bits per heavy atom. The van der Waals surface area contributed by atoms with E-state index in [0.29, 0.717) is 22.4 Å². The fourth-order valence-corrected chi connectivity index (χ4v) is 2.25. The molecule has 0 radical (unpaired) electrons. The van der Waals surface area contributed by atoms with Gasteiger partial charge >= 0.3 is 0 Å². The number of benzene rings is 2. The molecule has 0 aliphatic rings. The molecule has 20 heavy (non-hydrogen) atoms. The van der Waals surface area contributed by atoms with E-state index < -0.39 is 6.10 Å². The van der Waals surface area contributed by atoms with Crippen molar-refractivity contribution in [3.63, 3.8) is 0 Å². The first-order valence-corrected chi connectivity index (χ1v) is 6.43. The summed E-state index contributed by atoms with van der Waals surface area (Å²) >= 11 is 0. The molecule has 0 saturated carbocycles. The molecule has 100 valence electrons. The third-order valence-electron chi connectivity index (χ3n) is 3.18. The molecule has 1 aromatic heterocycles. The number of hydrogen-bond donors (Lipinski definition) is 1. The lowest BCUT2D eigenvalue weighted by molar-refractivity contribution is 0.0944. The molecule has 4 nitrogen and oxygen atoms in total. The Hall–Kier alpha value is -2.46. The van der Waals surface area contributed by atoms with E-state index in [4.69, 9.17) is 0 Å². The van der Waals surface area contributed by atoms with E-state index in [0.717, 1.165) is 0 Å². The number of aliphatic hydroxyl groups is 1. The predicted molar refractivity (Wildman–Crippen MR) is 76.5 cm³/mol. The van der Waals surface area contributed by atoms with Crippen LogP contribution in [0.4, 0.5) is 0 Å². The number of nitrogens with zero attached hydrogens (tertiary/aromatic N) is 2. The zero-order valence-corrected chi connectivity index (χ0v) is 11.0. The molecule has 0 bridgehead atoms. The molecule has 3 aromatic rings. The first-order chi connectivity index (χ1) is 9.68. The zero-order chi connectivity index (χ0) is 14.1. The van der Waals surface area contributed by atoms with E-state index in [-0.39, 0.29) is 5.91 Å². The lowest BCUT2D eigenvalue weighted by Crippen LogP contribution is -2.16. The maximum Gasteiger partial charge on any atom is 0.263 e. The van der Waals surface area contributed by atoms with E-state index in [1.807, 2.05) is 42.5 Å². The largest absolute Gasteiger partial charge is 0.385 e. The third-order valence-corrected chi connectivity index (χ3v) is 3.18. The van der Waals surface area contributed by atoms with Crippen LogP contribution in [0.5, 0.6) is 0 Å². The number of carbonyl (C=O) groups excluding carboxylic acids is 1. The van der Waals surface area contributed by atoms with Gasteiger partial charge in [0.15, 0.2) is 0 Å². The van der Waals surface area contributed by atoms with E-state index in [2.05, 4.69) is 4.98 Å². The molecule has 1 heterocycles. The quantitative estimate of drug-likeness (QED) is 0.776. The normalized spacial score (nSPS) is 12.5. The molecule has 0 unspecified atom stereocenters. The number of hydrogen-bond acceptors (Lipinski definition) is 3. The summed E-state index contributed by atoms with van der Waals surface area (Å²) in [7, 11) is 0. The predicted octanol–water partition coefficient (Wildman–Crippen LogP) is 2.78. The minimum Gasteiger partial charge on any atom is -0.385 e. The first kappa shape index (κ1) is 12.6. The Balaban J connectivity index is 2.24. The molecule has 0 aliphatic carbocycles. The Labute approximate surface area is 116 Å². The highest BCUT2D eigenvalue weighted by Gasteiger charge is 2.20. The minimum atomic E-state index is -0.810. The minimum absolute atomic E-state index is 0.185. The van der Waals surface area contributed by atoms with Crippen molar-refractivity contribution < 1.29 is 9.90 Å². The van der Waals surface area contributed by atoms with Crippen LogP contribution in [0.2, 0.25) is 0 Å². The summed E-state index contributed by atoms with van der Waals surface area (Å²) in [5, 5.41) is 9.87. The maximum absolute atomic E-state index is 12.7. The van der Waals surface area contributed by atoms with Crippen molar-refractivity contribution in [3.8, 4) is 0 Å². The number of para-hydroxylation sites is 2. The van der Waals surface area contributed by atoms with Gasteiger partial charge in [0.2, 0.25) is 0 Å². The van der Waals surface area contributed by atoms with Crippen LogP contribution in [0.15, 0.2) is 54.6 Å². The third kappa shape index (κ3) is 2.00. The van der Waals surface area contributed by atoms with Crippen molar-refractivity contribution in [1.29, 1.82) is 0 Å². The number of aromatic nitrogens is 2. The zero-order valence-electron chi connectivity index (χ0n) is 11.0. The van der Waals surface area contributed by atoms with Gasteiger partial charge in [-0.05, 0) is 31.2 Å². The molecular weight excluding hydrogens is 252 g/mol. The summed E-state index contributed by atoms with van der Waals surface area (Å²) in [6, 6.07) is 16.4. The van der Waals surface area contributed by atoms with Gasteiger partial charge in [0.1, 0.15) is 11.9 Å². The van der Waals surface area contributed by atoms with Crippen LogP contribution in [0.3, 0.4) is 0 Å². The molecule has 0 aliphatic heterocycles. The van der Waals surface area contributed by atoms with Crippen LogP contribution in [0, 0.1) is 0 Å². The molecular formula is C16H14N2O2. The van der Waals surface area contributed by atoms with Gasteiger partial charge in [0, 0.05) is 5.56 Å². The standard InChI is InChI=1S/C16H14N2O2/c1-11(19)15-17-13-9-5-6-10-14(13)18(15)16(20)12-7-3-2-4-8-12/h2-11,19H,1H3/t11-/m1/s1. The van der Waals surface area contributed by atoms with Crippen LogP contribution >= 0.6 is 0 Å². The average Bonchev–Trinajstić information content (AvgIpc) is 2.87. The van der Waals surface area contributed by atoms with Gasteiger partial charge in [-0.3, -0.25) is 9.36 Å². The Morgan fingerprint density at radius 2 is 1.75 bits per heavy atom. The highest BCUT2D eigenvalue weighted by Crippen LogP contribution is 2.22. The van der Waals surface area contributed by atoms with Crippen LogP contribution in [0.1, 0.15) is 29.2 Å². The van der Waals surface area contributed by atoms with Crippen LogP contribution in [-0.4, -0.2) is 20.6 Å². The summed E-state index contributed by atoms with van der Waals surface area (Å²) in [5.41, 5.74) is 1.97. The van der Waals surface area contributed by atoms with Gasteiger partial charge in [-0.1, -0.05) is 30.3 Å². The molecule has 4 heteroatoms. The van der Waals surface area contributed by atoms with Crippen molar-refractivity contribution in [3.05, 3.63) is 66.0 Å². The van der Waals surface area contributed by atoms with Gasteiger partial charge in [-0.25, -0.2) is 4.98 Å². The van der Waals surface area contributed by atoms with Crippen molar-refractivity contribution in [2.24, 2.45) is 0 Å². The van der Waals surface area contributed by atoms with E-state index >= 15 is 0 Å². The van der Waals surface area contributed by atoms with Crippen molar-refractivity contribution in [2.75, 3.05) is 0 Å². The number of rotatable bonds is 2. The SMILES string of the molecule is C[C@@H](O)c1nc2ccccc2n1C(=O)c1ccccc1. The summed E-state index contributed by atoms with van der Waals surface area (Å²) in [6.45, 7) is 1.61. The smallest absolute Gasteiger partial charge is 0.263 e. The van der Waals surface area contributed by atoms with E-state index in [9.17, 15) is 9.90 Å². The van der Waals surface area contributed by atoms with Crippen molar-refractivity contribution in [1.82, 2.24) is 9.55 Å². The van der Waals surface area contributed by atoms with Gasteiger partial charge in [0.05, 0.1) is 11.0 Å². The van der Waals surface area contributed by atoms with Crippen molar-refractivity contribution >= 4 is 16.9 Å². The first-order valence-electron chi connectivity index (χ1n) is 6.43. The van der Waals surface area contributed by atoms with Crippen LogP contribution < -0.4 is 0 Å². The van der Waals surface area contributed by atoms with Crippen LogP contribution in [0.25, 0.3) is 11.0 Å². The molecule has 1 atom stereocenters. The molecule has 0 amide bonds. The Kier molecular flexibility index (Phi) is 3.08. The summed E-state index contributed by atoms with van der Waals surface area (Å²) in [5.74, 6) is 0.176. The number of carbonyl (C=O) groups is 1. The van der Waals surface area contributed by atoms with E-state index in [1.54, 1.807) is 19.1 Å². The molecule has 3 rings (SSSR count). The van der Waals surface area contributed by atoms with Gasteiger partial charge in [-0.2, -0.15) is 0 Å². The topological polar surface area (TPSA) is 55.1 Å². The molecule has 0 fully saturated rings. The second-order valence-corrected chi connectivity index (χ2v) is 4.64. The maximum atomic E-state index is 12.7. The fourth-order valence-electron chi connectivity index (χ4n) is 2.25. The number of imidazole rings is 1. The summed E-state index contributed by atoms with van der Waals surface area (Å²) in [6.07, 6.45) is -0.810. The van der Waals surface area contributed by atoms with E-state index in [1.165, 1.54) is 4.57 Å². The second kappa shape index (κ2) is 4.90. The van der Waals surface area contributed by atoms with Crippen molar-refractivity contribution in [2.45, 2.75) is 13.0 Å². The summed E-state index contributed by atoms with van der Waals surface area (Å²) in [4.78, 5) is 17.0. The molecule has 0 saturated heterocycles. The second-order valence-electron chi connectivity index (χ2n) is 4.64. The highest BCUT2D eigenvalue weighted by molar-refractivity contribution is 6.01. The number of fused-ring (bicyclic) bond motifs is 1. The Morgan fingerprint density at radius 3 is 2.45 bits per heavy atom. The Bertz CT molecular complexity index is 761. The number of aliphatic hydroxyl groups excluding tert-OH is 1. The van der Waals surface area contributed by atoms with Gasteiger partial charge in [-0.15, -0.1) is 0 Å². The highest BCUT2D eigenvalue weighted by atomic mass is 16.3. The monoisotopic (exact) mass is 266 g/mol. The lowest BCUT2D eigenvalue weighted by atomic mass is 10.2. The molecule has 0 spiro atoms. The van der Waals surface area contributed by atoms with Gasteiger partial charge < -0.3 is 5.11 Å². The van der Waals surface area contributed by atoms with Crippen LogP contribution in [-0.2, 0) is 0 Å². The lowest BCUT2D eigenvalue weighted by Gasteiger charge is -2.09. The van der Waals surface area contributed by atoms with Gasteiger partial charge in [0.25, 0.3) is 5.91 Å². The fraction of sp³-hybridized carbons (Fsp3) is 0.125. The molecule has 1 N–H and O–H groups in total.